The van der Waals surface area contributed by atoms with Gasteiger partial charge in [0.1, 0.15) is 5.70 Å². The Morgan fingerprint density at radius 1 is 1.50 bits per heavy atom. The van der Waals surface area contributed by atoms with Crippen LogP contribution in [0.4, 0.5) is 0 Å². The van der Waals surface area contributed by atoms with Crippen LogP contribution >= 0.6 is 0 Å². The maximum absolute atomic E-state index is 12.2. The number of carboxylic acid groups (broad SMARTS) is 1. The molecule has 7 nitrogen and oxygen atoms in total. The quantitative estimate of drug-likeness (QED) is 0.588. The Balaban J connectivity index is 1.87. The number of carbonyl (C=O) groups is 2. The molecule has 0 radical (unpaired) electrons. The van der Waals surface area contributed by atoms with Crippen LogP contribution in [0.1, 0.15) is 20.3 Å². The van der Waals surface area contributed by atoms with E-state index in [0.29, 0.717) is 6.54 Å². The van der Waals surface area contributed by atoms with Crippen LogP contribution in [0.15, 0.2) is 11.3 Å². The van der Waals surface area contributed by atoms with Gasteiger partial charge in [0, 0.05) is 31.6 Å². The summed E-state index contributed by atoms with van der Waals surface area (Å²) in [5.74, 6) is -1.90. The molecule has 0 aliphatic carbocycles. The molecule has 0 saturated carbocycles. The van der Waals surface area contributed by atoms with Crippen LogP contribution in [0.3, 0.4) is 0 Å². The lowest BCUT2D eigenvalue weighted by Gasteiger charge is -2.46. The summed E-state index contributed by atoms with van der Waals surface area (Å²) in [6.07, 6.45) is 0.151. The Morgan fingerprint density at radius 3 is 2.68 bits per heavy atom. The predicted molar refractivity (Wildman–Crippen MR) is 78.7 cm³/mol. The van der Waals surface area contributed by atoms with Gasteiger partial charge in [-0.25, -0.2) is 4.79 Å². The van der Waals surface area contributed by atoms with Crippen molar-refractivity contribution in [2.24, 2.45) is 17.6 Å². The molecular weight excluding hydrogens is 286 g/mol. The molecule has 0 bridgehead atoms. The molecule has 7 heteroatoms. The molecule has 5 atom stereocenters. The number of nitrogens with two attached hydrogens (primary N) is 1. The van der Waals surface area contributed by atoms with Crippen LogP contribution in [0, 0.1) is 11.8 Å². The van der Waals surface area contributed by atoms with Gasteiger partial charge in [-0.3, -0.25) is 9.69 Å². The van der Waals surface area contributed by atoms with E-state index >= 15 is 0 Å². The van der Waals surface area contributed by atoms with E-state index in [1.807, 2.05) is 6.92 Å². The maximum Gasteiger partial charge on any atom is 0.352 e. The highest BCUT2D eigenvalue weighted by atomic mass is 16.4. The van der Waals surface area contributed by atoms with E-state index in [-0.39, 0.29) is 29.6 Å². The summed E-state index contributed by atoms with van der Waals surface area (Å²) in [5, 5.41) is 19.3. The number of fused-ring (bicyclic) bond motifs is 1. The first-order valence-corrected chi connectivity index (χ1v) is 7.78. The number of likely N-dealkylation sites (tertiary alicyclic amines) is 1. The number of nitrogens with zero attached hydrogens (tertiary/aromatic N) is 2. The molecule has 0 aromatic heterocycles. The maximum atomic E-state index is 12.2. The third kappa shape index (κ3) is 2.15. The predicted octanol–water partition coefficient (Wildman–Crippen LogP) is -0.784. The minimum atomic E-state index is -1.06. The first-order chi connectivity index (χ1) is 10.3. The molecular formula is C15H23N3O4. The molecule has 1 unspecified atom stereocenters. The van der Waals surface area contributed by atoms with Crippen LogP contribution < -0.4 is 5.73 Å². The van der Waals surface area contributed by atoms with Crippen LogP contribution in [-0.2, 0) is 9.59 Å². The largest absolute Gasteiger partial charge is 0.477 e. The van der Waals surface area contributed by atoms with Gasteiger partial charge in [-0.2, -0.15) is 0 Å². The number of rotatable bonds is 4. The topological polar surface area (TPSA) is 107 Å². The summed E-state index contributed by atoms with van der Waals surface area (Å²) in [6, 6.07) is -0.0978. The number of carbonyl (C=O) groups excluding carboxylic acids is 1. The molecule has 3 aliphatic rings. The zero-order valence-corrected chi connectivity index (χ0v) is 12.9. The molecule has 122 valence electrons. The molecule has 3 aliphatic heterocycles. The molecule has 0 aromatic carbocycles. The smallest absolute Gasteiger partial charge is 0.352 e. The number of aliphatic carboxylic acids is 1. The van der Waals surface area contributed by atoms with Crippen molar-refractivity contribution in [2.45, 2.75) is 38.5 Å². The van der Waals surface area contributed by atoms with Crippen molar-refractivity contribution in [1.82, 2.24) is 9.80 Å². The van der Waals surface area contributed by atoms with Gasteiger partial charge in [0.25, 0.3) is 0 Å². The monoisotopic (exact) mass is 309 g/mol. The lowest BCUT2D eigenvalue weighted by molar-refractivity contribution is -0.163. The van der Waals surface area contributed by atoms with Crippen molar-refractivity contribution in [3.05, 3.63) is 11.3 Å². The van der Waals surface area contributed by atoms with Gasteiger partial charge < -0.3 is 20.8 Å². The van der Waals surface area contributed by atoms with E-state index in [4.69, 9.17) is 5.73 Å². The molecule has 1 amide bonds. The lowest BCUT2D eigenvalue weighted by atomic mass is 9.77. The van der Waals surface area contributed by atoms with Crippen LogP contribution in [0.25, 0.3) is 0 Å². The Labute approximate surface area is 129 Å². The molecule has 0 aromatic rings. The fraction of sp³-hybridized carbons (Fsp3) is 0.733. The fourth-order valence-corrected chi connectivity index (χ4v) is 4.10. The van der Waals surface area contributed by atoms with E-state index in [0.717, 1.165) is 25.1 Å². The molecule has 0 spiro atoms. The van der Waals surface area contributed by atoms with E-state index < -0.39 is 18.0 Å². The van der Waals surface area contributed by atoms with Crippen molar-refractivity contribution < 1.29 is 19.8 Å². The highest BCUT2D eigenvalue weighted by Gasteiger charge is 2.59. The number of β-lactam (4-membered cyclic amide) rings is 1. The summed E-state index contributed by atoms with van der Waals surface area (Å²) in [6.45, 7) is 5.67. The highest BCUT2D eigenvalue weighted by molar-refractivity contribution is 6.00. The van der Waals surface area contributed by atoms with Crippen LogP contribution in [0.2, 0.25) is 0 Å². The SMILES string of the molecule is C[C@@H](O)C1C(=O)N2C(C(=O)O)=C(CN3CC[C@@H](N)C3)[C@H](C)[C@H]12. The number of hydrogen-bond acceptors (Lipinski definition) is 5. The third-order valence-corrected chi connectivity index (χ3v) is 5.22. The summed E-state index contributed by atoms with van der Waals surface area (Å²) in [4.78, 5) is 27.4. The average molecular weight is 309 g/mol. The lowest BCUT2D eigenvalue weighted by Crippen LogP contribution is -2.63. The zero-order chi connectivity index (χ0) is 16.2. The summed E-state index contributed by atoms with van der Waals surface area (Å²) < 4.78 is 0. The first-order valence-electron chi connectivity index (χ1n) is 7.78. The van der Waals surface area contributed by atoms with Crippen molar-refractivity contribution >= 4 is 11.9 Å². The van der Waals surface area contributed by atoms with Crippen molar-refractivity contribution in [1.29, 1.82) is 0 Å². The Morgan fingerprint density at radius 2 is 2.18 bits per heavy atom. The van der Waals surface area contributed by atoms with Gasteiger partial charge in [0.2, 0.25) is 5.91 Å². The van der Waals surface area contributed by atoms with E-state index in [1.54, 1.807) is 6.92 Å². The van der Waals surface area contributed by atoms with Crippen LogP contribution in [-0.4, -0.2) is 69.7 Å². The van der Waals surface area contributed by atoms with Gasteiger partial charge in [-0.15, -0.1) is 0 Å². The molecule has 4 N–H and O–H groups in total. The number of carboxylic acids is 1. The molecule has 3 heterocycles. The van der Waals surface area contributed by atoms with Gasteiger partial charge in [0.05, 0.1) is 18.1 Å². The van der Waals surface area contributed by atoms with Crippen molar-refractivity contribution in [2.75, 3.05) is 19.6 Å². The first kappa shape index (κ1) is 15.5. The van der Waals surface area contributed by atoms with E-state index in [2.05, 4.69) is 4.90 Å². The summed E-state index contributed by atoms with van der Waals surface area (Å²) in [5.41, 5.74) is 6.80. The number of aliphatic hydroxyl groups is 1. The Kier molecular flexibility index (Phi) is 3.74. The third-order valence-electron chi connectivity index (χ3n) is 5.22. The minimum Gasteiger partial charge on any atom is -0.477 e. The fourth-order valence-electron chi connectivity index (χ4n) is 4.10. The zero-order valence-electron chi connectivity index (χ0n) is 12.9. The molecule has 3 rings (SSSR count). The van der Waals surface area contributed by atoms with Gasteiger partial charge in [-0.1, -0.05) is 6.92 Å². The normalized spacial score (nSPS) is 36.5. The van der Waals surface area contributed by atoms with Gasteiger partial charge in [-0.05, 0) is 18.9 Å². The van der Waals surface area contributed by atoms with Gasteiger partial charge >= 0.3 is 5.97 Å². The molecule has 22 heavy (non-hydrogen) atoms. The Hall–Kier alpha value is -1.44. The summed E-state index contributed by atoms with van der Waals surface area (Å²) >= 11 is 0. The second-order valence-electron chi connectivity index (χ2n) is 6.72. The van der Waals surface area contributed by atoms with Crippen LogP contribution in [0.5, 0.6) is 0 Å². The number of aliphatic hydroxyl groups excluding tert-OH is 1. The molecule has 2 fully saturated rings. The Bertz CT molecular complexity index is 545. The van der Waals surface area contributed by atoms with Crippen molar-refractivity contribution in [3.63, 3.8) is 0 Å². The number of amides is 1. The second-order valence-corrected chi connectivity index (χ2v) is 6.72. The summed E-state index contributed by atoms with van der Waals surface area (Å²) in [7, 11) is 0. The standard InChI is InChI=1S/C15H23N3O4/c1-7-10(6-17-4-3-9(16)5-17)13(15(21)22)18-12(7)11(8(2)19)14(18)20/h7-9,11-12,19H,3-6,16H2,1-2H3,(H,21,22)/t7-,8+,9+,11?,12+/m0/s1. The molecule has 2 saturated heterocycles. The van der Waals surface area contributed by atoms with E-state index in [9.17, 15) is 19.8 Å². The average Bonchev–Trinajstić information content (AvgIpc) is 2.92. The second kappa shape index (κ2) is 5.33. The van der Waals surface area contributed by atoms with Gasteiger partial charge in [0.15, 0.2) is 0 Å². The van der Waals surface area contributed by atoms with E-state index in [1.165, 1.54) is 4.90 Å². The minimum absolute atomic E-state index is 0.0553. The highest BCUT2D eigenvalue weighted by Crippen LogP contribution is 2.47. The number of hydrogen-bond donors (Lipinski definition) is 3. The van der Waals surface area contributed by atoms with Crippen molar-refractivity contribution in [3.8, 4) is 0 Å².